The Morgan fingerprint density at radius 1 is 1.08 bits per heavy atom. The first-order valence-electron chi connectivity index (χ1n) is 7.39. The summed E-state index contributed by atoms with van der Waals surface area (Å²) < 4.78 is 27.9. The summed E-state index contributed by atoms with van der Waals surface area (Å²) in [5.74, 6) is 0.123. The van der Waals surface area contributed by atoms with Crippen molar-refractivity contribution < 1.29 is 13.2 Å². The molecule has 3 aromatic rings. The highest BCUT2D eigenvalue weighted by Crippen LogP contribution is 2.23. The maximum Gasteiger partial charge on any atom is 0.264 e. The maximum absolute atomic E-state index is 12.3. The molecule has 0 atom stereocenters. The first-order chi connectivity index (χ1) is 12.5. The number of carbonyl (C=O) groups is 1. The molecule has 0 spiro atoms. The molecule has 0 unspecified atom stereocenters. The van der Waals surface area contributed by atoms with Crippen LogP contribution in [0.2, 0.25) is 0 Å². The van der Waals surface area contributed by atoms with Gasteiger partial charge < -0.3 is 5.32 Å². The van der Waals surface area contributed by atoms with Crippen LogP contribution in [-0.2, 0) is 14.8 Å². The largest absolute Gasteiger partial charge is 0.325 e. The fraction of sp³-hybridized carbons (Fsp3) is 0.0625. The standard InChI is InChI=1S/C16H14N4O3S3/c21-14(11-25-15-3-1-10-24-15)19-12-4-6-13(7-5-12)26(22,23)20-16-17-8-2-9-18-16/h1-10H,11H2,(H,19,21)(H,17,18,20). The number of carbonyl (C=O) groups excluding carboxylic acids is 1. The number of anilines is 2. The van der Waals surface area contributed by atoms with Crippen molar-refractivity contribution in [2.24, 2.45) is 0 Å². The number of nitrogens with one attached hydrogen (secondary N) is 2. The smallest absolute Gasteiger partial charge is 0.264 e. The van der Waals surface area contributed by atoms with Crippen LogP contribution >= 0.6 is 23.1 Å². The SMILES string of the molecule is O=C(CSc1cccs1)Nc1ccc(S(=O)(=O)Nc2ncccn2)cc1. The van der Waals surface area contributed by atoms with Crippen molar-refractivity contribution in [1.29, 1.82) is 0 Å². The van der Waals surface area contributed by atoms with Gasteiger partial charge in [0.1, 0.15) is 0 Å². The van der Waals surface area contributed by atoms with Crippen molar-refractivity contribution in [3.05, 3.63) is 60.2 Å². The third-order valence-electron chi connectivity index (χ3n) is 3.08. The van der Waals surface area contributed by atoms with Gasteiger partial charge in [-0.3, -0.25) is 4.79 Å². The average Bonchev–Trinajstić information content (AvgIpc) is 3.14. The Morgan fingerprint density at radius 2 is 1.81 bits per heavy atom. The van der Waals surface area contributed by atoms with Gasteiger partial charge in [0.15, 0.2) is 0 Å². The van der Waals surface area contributed by atoms with E-state index in [2.05, 4.69) is 20.0 Å². The highest BCUT2D eigenvalue weighted by molar-refractivity contribution is 8.01. The number of hydrogen-bond donors (Lipinski definition) is 2. The lowest BCUT2D eigenvalue weighted by Crippen LogP contribution is -2.16. The van der Waals surface area contributed by atoms with Crippen molar-refractivity contribution in [2.45, 2.75) is 9.10 Å². The molecular weight excluding hydrogens is 392 g/mol. The zero-order valence-corrected chi connectivity index (χ0v) is 15.8. The van der Waals surface area contributed by atoms with E-state index in [1.54, 1.807) is 17.4 Å². The molecule has 134 valence electrons. The summed E-state index contributed by atoms with van der Waals surface area (Å²) in [7, 11) is -3.79. The number of aromatic nitrogens is 2. The number of nitrogens with zero attached hydrogens (tertiary/aromatic N) is 2. The van der Waals surface area contributed by atoms with Crippen molar-refractivity contribution in [3.63, 3.8) is 0 Å². The van der Waals surface area contributed by atoms with Crippen LogP contribution in [0.25, 0.3) is 0 Å². The van der Waals surface area contributed by atoms with E-state index in [1.807, 2.05) is 17.5 Å². The minimum absolute atomic E-state index is 0.00418. The Kier molecular flexibility index (Phi) is 5.86. The van der Waals surface area contributed by atoms with Crippen LogP contribution in [0.1, 0.15) is 0 Å². The Balaban J connectivity index is 1.59. The summed E-state index contributed by atoms with van der Waals surface area (Å²) in [6, 6.07) is 11.4. The van der Waals surface area contributed by atoms with Gasteiger partial charge in [-0.15, -0.1) is 23.1 Å². The minimum Gasteiger partial charge on any atom is -0.325 e. The molecule has 0 aliphatic heterocycles. The third kappa shape index (κ3) is 5.04. The fourth-order valence-corrected chi connectivity index (χ4v) is 4.47. The van der Waals surface area contributed by atoms with Gasteiger partial charge in [-0.1, -0.05) is 6.07 Å². The Bertz CT molecular complexity index is 960. The maximum atomic E-state index is 12.3. The first kappa shape index (κ1) is 18.4. The van der Waals surface area contributed by atoms with Crippen molar-refractivity contribution in [2.75, 3.05) is 15.8 Å². The van der Waals surface area contributed by atoms with E-state index in [9.17, 15) is 13.2 Å². The van der Waals surface area contributed by atoms with Crippen LogP contribution in [0.4, 0.5) is 11.6 Å². The monoisotopic (exact) mass is 406 g/mol. The summed E-state index contributed by atoms with van der Waals surface area (Å²) in [6.07, 6.45) is 2.88. The summed E-state index contributed by atoms with van der Waals surface area (Å²) >= 11 is 3.03. The molecule has 0 bridgehead atoms. The number of hydrogen-bond acceptors (Lipinski definition) is 7. The lowest BCUT2D eigenvalue weighted by atomic mass is 10.3. The third-order valence-corrected chi connectivity index (χ3v) is 6.56. The second-order valence-corrected chi connectivity index (χ2v) is 8.88. The molecule has 0 radical (unpaired) electrons. The molecule has 0 aliphatic rings. The highest BCUT2D eigenvalue weighted by atomic mass is 32.2. The predicted octanol–water partition coefficient (Wildman–Crippen LogP) is 3.07. The van der Waals surface area contributed by atoms with Crippen LogP contribution in [0, 0.1) is 0 Å². The van der Waals surface area contributed by atoms with Gasteiger partial charge in [0.2, 0.25) is 11.9 Å². The van der Waals surface area contributed by atoms with E-state index >= 15 is 0 Å². The van der Waals surface area contributed by atoms with Crippen LogP contribution < -0.4 is 10.0 Å². The van der Waals surface area contributed by atoms with Gasteiger partial charge in [0.05, 0.1) is 14.9 Å². The molecule has 0 saturated heterocycles. The molecule has 0 fully saturated rings. The molecular formula is C16H14N4O3S3. The van der Waals surface area contributed by atoms with Gasteiger partial charge >= 0.3 is 0 Å². The number of rotatable bonds is 7. The lowest BCUT2D eigenvalue weighted by molar-refractivity contribution is -0.113. The van der Waals surface area contributed by atoms with E-state index in [1.165, 1.54) is 48.4 Å². The summed E-state index contributed by atoms with van der Waals surface area (Å²) in [6.45, 7) is 0. The number of sulfonamides is 1. The molecule has 0 saturated carbocycles. The molecule has 26 heavy (non-hydrogen) atoms. The zero-order chi connectivity index (χ0) is 18.4. The molecule has 10 heteroatoms. The zero-order valence-electron chi connectivity index (χ0n) is 13.3. The van der Waals surface area contributed by atoms with Gasteiger partial charge in [0, 0.05) is 18.1 Å². The Hall–Kier alpha value is -2.43. The van der Waals surface area contributed by atoms with Gasteiger partial charge in [0.25, 0.3) is 10.0 Å². The minimum atomic E-state index is -3.79. The molecule has 1 aromatic carbocycles. The summed E-state index contributed by atoms with van der Waals surface area (Å²) in [4.78, 5) is 19.7. The molecule has 1 amide bonds. The quantitative estimate of drug-likeness (QED) is 0.585. The van der Waals surface area contributed by atoms with E-state index in [0.717, 1.165) is 4.21 Å². The number of benzene rings is 1. The molecule has 0 aliphatic carbocycles. The van der Waals surface area contributed by atoms with Crippen LogP contribution in [0.5, 0.6) is 0 Å². The summed E-state index contributed by atoms with van der Waals surface area (Å²) in [5.41, 5.74) is 0.525. The highest BCUT2D eigenvalue weighted by Gasteiger charge is 2.15. The van der Waals surface area contributed by atoms with E-state index in [4.69, 9.17) is 0 Å². The Morgan fingerprint density at radius 3 is 2.46 bits per heavy atom. The predicted molar refractivity (Wildman–Crippen MR) is 103 cm³/mol. The summed E-state index contributed by atoms with van der Waals surface area (Å²) in [5, 5.41) is 4.69. The molecule has 2 N–H and O–H groups in total. The number of amides is 1. The molecule has 7 nitrogen and oxygen atoms in total. The van der Waals surface area contributed by atoms with E-state index in [0.29, 0.717) is 5.69 Å². The lowest BCUT2D eigenvalue weighted by Gasteiger charge is -2.08. The normalized spacial score (nSPS) is 11.1. The van der Waals surface area contributed by atoms with Crippen LogP contribution in [0.3, 0.4) is 0 Å². The second kappa shape index (κ2) is 8.30. The molecule has 2 heterocycles. The number of thiophene rings is 1. The number of thioether (sulfide) groups is 1. The van der Waals surface area contributed by atoms with E-state index in [-0.39, 0.29) is 22.5 Å². The van der Waals surface area contributed by atoms with Crippen molar-refractivity contribution in [3.8, 4) is 0 Å². The average molecular weight is 407 g/mol. The fourth-order valence-electron chi connectivity index (χ4n) is 1.93. The van der Waals surface area contributed by atoms with Gasteiger partial charge in [-0.2, -0.15) is 0 Å². The topological polar surface area (TPSA) is 101 Å². The van der Waals surface area contributed by atoms with Crippen molar-refractivity contribution in [1.82, 2.24) is 9.97 Å². The molecule has 2 aromatic heterocycles. The van der Waals surface area contributed by atoms with Gasteiger partial charge in [-0.05, 0) is 41.8 Å². The van der Waals surface area contributed by atoms with Crippen molar-refractivity contribution >= 4 is 50.7 Å². The first-order valence-corrected chi connectivity index (χ1v) is 10.7. The van der Waals surface area contributed by atoms with Crippen LogP contribution in [-0.4, -0.2) is 30.0 Å². The van der Waals surface area contributed by atoms with Gasteiger partial charge in [-0.25, -0.2) is 23.1 Å². The molecule has 3 rings (SSSR count). The van der Waals surface area contributed by atoms with Crippen LogP contribution in [0.15, 0.2) is 69.3 Å². The second-order valence-electron chi connectivity index (χ2n) is 4.97. The van der Waals surface area contributed by atoms with E-state index < -0.39 is 10.0 Å². The Labute approximate surface area is 159 Å².